The largest absolute Gasteiger partial charge is 0.483 e. The number of rotatable bonds is 9. The van der Waals surface area contributed by atoms with Crippen LogP contribution in [0.2, 0.25) is 0 Å². The molecule has 1 amide bonds. The molecule has 1 aromatic carbocycles. The number of amides is 1. The van der Waals surface area contributed by atoms with Crippen LogP contribution in [0, 0.1) is 0 Å². The molecule has 0 fully saturated rings. The fourth-order valence-corrected chi connectivity index (χ4v) is 3.95. The molecule has 38 heavy (non-hydrogen) atoms. The zero-order chi connectivity index (χ0) is 26.3. The van der Waals surface area contributed by atoms with Gasteiger partial charge in [0.05, 0.1) is 11.9 Å². The van der Waals surface area contributed by atoms with Gasteiger partial charge in [0.15, 0.2) is 5.75 Å². The van der Waals surface area contributed by atoms with Crippen LogP contribution in [0.15, 0.2) is 91.8 Å². The van der Waals surface area contributed by atoms with E-state index in [0.717, 1.165) is 33.4 Å². The predicted molar refractivity (Wildman–Crippen MR) is 147 cm³/mol. The van der Waals surface area contributed by atoms with Crippen molar-refractivity contribution >= 4 is 22.6 Å². The Morgan fingerprint density at radius 1 is 1.05 bits per heavy atom. The molecule has 4 heterocycles. The first kappa shape index (κ1) is 24.8. The molecule has 0 unspecified atom stereocenters. The van der Waals surface area contributed by atoms with Gasteiger partial charge < -0.3 is 19.9 Å². The minimum absolute atomic E-state index is 0.174. The second-order valence-electron chi connectivity index (χ2n) is 8.90. The zero-order valence-electron chi connectivity index (χ0n) is 21.1. The van der Waals surface area contributed by atoms with E-state index in [-0.39, 0.29) is 5.91 Å². The highest BCUT2D eigenvalue weighted by Crippen LogP contribution is 2.35. The number of ether oxygens (including phenoxy) is 1. The van der Waals surface area contributed by atoms with E-state index in [0.29, 0.717) is 30.3 Å². The molecule has 0 bridgehead atoms. The normalized spacial score (nSPS) is 11.3. The second kappa shape index (κ2) is 11.4. The molecule has 0 spiro atoms. The number of carbonyl (C=O) groups is 1. The fraction of sp³-hybridized carbons (Fsp3) is 0.138. The van der Waals surface area contributed by atoms with Gasteiger partial charge >= 0.3 is 0 Å². The Morgan fingerprint density at radius 2 is 1.97 bits per heavy atom. The number of fused-ring (bicyclic) bond motifs is 1. The summed E-state index contributed by atoms with van der Waals surface area (Å²) in [6.07, 6.45) is 11.9. The van der Waals surface area contributed by atoms with Crippen molar-refractivity contribution in [2.24, 2.45) is 0 Å². The first-order valence-electron chi connectivity index (χ1n) is 12.1. The lowest BCUT2D eigenvalue weighted by atomic mass is 10.0. The summed E-state index contributed by atoms with van der Waals surface area (Å²) in [5.74, 6) is 0.379. The molecule has 2 N–H and O–H groups in total. The van der Waals surface area contributed by atoms with E-state index in [1.54, 1.807) is 24.7 Å². The molecule has 9 heteroatoms. The van der Waals surface area contributed by atoms with Crippen LogP contribution in [0.4, 0.5) is 5.69 Å². The molecule has 4 aromatic heterocycles. The Kier molecular flexibility index (Phi) is 7.47. The van der Waals surface area contributed by atoms with Crippen molar-refractivity contribution in [3.05, 3.63) is 97.5 Å². The third-order valence-corrected chi connectivity index (χ3v) is 5.77. The molecule has 0 saturated carbocycles. The van der Waals surface area contributed by atoms with Gasteiger partial charge in [0.1, 0.15) is 24.3 Å². The van der Waals surface area contributed by atoms with Gasteiger partial charge in [-0.2, -0.15) is 0 Å². The fourth-order valence-electron chi connectivity index (χ4n) is 3.95. The lowest BCUT2D eigenvalue weighted by Gasteiger charge is -2.10. The van der Waals surface area contributed by atoms with Crippen LogP contribution in [0.1, 0.15) is 5.69 Å². The summed E-state index contributed by atoms with van der Waals surface area (Å²) in [7, 11) is 3.90. The molecule has 0 aliphatic rings. The molecule has 9 nitrogen and oxygen atoms in total. The summed E-state index contributed by atoms with van der Waals surface area (Å²) in [4.78, 5) is 35.1. The number of nitrogens with one attached hydrogen (secondary N) is 2. The monoisotopic (exact) mass is 505 g/mol. The number of likely N-dealkylation sites (N-methyl/N-ethyl adjacent to an activating group) is 1. The number of H-pyrrole nitrogens is 1. The van der Waals surface area contributed by atoms with Gasteiger partial charge in [0.2, 0.25) is 5.91 Å². The van der Waals surface area contributed by atoms with E-state index in [4.69, 9.17) is 4.74 Å². The number of anilines is 1. The van der Waals surface area contributed by atoms with Gasteiger partial charge in [-0.05, 0) is 50.0 Å². The number of hydrogen-bond donors (Lipinski definition) is 2. The zero-order valence-corrected chi connectivity index (χ0v) is 21.1. The Bertz CT molecular complexity index is 1580. The highest BCUT2D eigenvalue weighted by atomic mass is 16.5. The van der Waals surface area contributed by atoms with Crippen LogP contribution in [0.5, 0.6) is 5.75 Å². The molecule has 5 aromatic rings. The maximum Gasteiger partial charge on any atom is 0.248 e. The van der Waals surface area contributed by atoms with Crippen molar-refractivity contribution in [3.63, 3.8) is 0 Å². The summed E-state index contributed by atoms with van der Waals surface area (Å²) >= 11 is 0. The van der Waals surface area contributed by atoms with Crippen molar-refractivity contribution in [1.29, 1.82) is 0 Å². The Hall–Kier alpha value is -4.89. The van der Waals surface area contributed by atoms with Crippen molar-refractivity contribution in [1.82, 2.24) is 29.8 Å². The van der Waals surface area contributed by atoms with Crippen molar-refractivity contribution in [2.45, 2.75) is 6.61 Å². The van der Waals surface area contributed by atoms with Gasteiger partial charge in [-0.15, -0.1) is 0 Å². The van der Waals surface area contributed by atoms with E-state index in [2.05, 4.69) is 36.3 Å². The minimum Gasteiger partial charge on any atom is -0.483 e. The first-order chi connectivity index (χ1) is 18.6. The number of aromatic nitrogens is 5. The average molecular weight is 506 g/mol. The van der Waals surface area contributed by atoms with E-state index >= 15 is 0 Å². The third kappa shape index (κ3) is 5.91. The van der Waals surface area contributed by atoms with Crippen molar-refractivity contribution in [2.75, 3.05) is 26.0 Å². The Morgan fingerprint density at radius 3 is 2.82 bits per heavy atom. The number of hydrogen-bond acceptors (Lipinski definition) is 7. The molecule has 0 aliphatic heterocycles. The van der Waals surface area contributed by atoms with Crippen LogP contribution < -0.4 is 10.1 Å². The number of pyridine rings is 2. The molecule has 5 rings (SSSR count). The molecule has 0 saturated heterocycles. The van der Waals surface area contributed by atoms with Crippen LogP contribution in [0.3, 0.4) is 0 Å². The molecular weight excluding hydrogens is 478 g/mol. The van der Waals surface area contributed by atoms with Gasteiger partial charge in [0, 0.05) is 53.4 Å². The average Bonchev–Trinajstić information content (AvgIpc) is 3.36. The SMILES string of the molecule is CN(C)CC=CC(=O)Nc1cccc(-c2cnc3[nH]cc(-c4ncncc4OCc4ccccn4)c3c2)c1. The molecule has 0 atom stereocenters. The maximum atomic E-state index is 12.3. The third-order valence-electron chi connectivity index (χ3n) is 5.77. The molecule has 0 radical (unpaired) electrons. The van der Waals surface area contributed by atoms with E-state index in [9.17, 15) is 4.79 Å². The Balaban J connectivity index is 1.41. The first-order valence-corrected chi connectivity index (χ1v) is 12.1. The van der Waals surface area contributed by atoms with Gasteiger partial charge in [-0.25, -0.2) is 15.0 Å². The summed E-state index contributed by atoms with van der Waals surface area (Å²) in [5, 5.41) is 3.81. The minimum atomic E-state index is -0.174. The number of aromatic amines is 1. The summed E-state index contributed by atoms with van der Waals surface area (Å²) in [6.45, 7) is 0.996. The highest BCUT2D eigenvalue weighted by molar-refractivity contribution is 6.00. The van der Waals surface area contributed by atoms with Crippen molar-refractivity contribution < 1.29 is 9.53 Å². The number of carbonyl (C=O) groups excluding carboxylic acids is 1. The molecular formula is C29H27N7O2. The van der Waals surface area contributed by atoms with Crippen LogP contribution in [-0.4, -0.2) is 56.4 Å². The van der Waals surface area contributed by atoms with E-state index in [1.165, 1.54) is 6.33 Å². The second-order valence-corrected chi connectivity index (χ2v) is 8.90. The standard InChI is InChI=1S/C29H27N7O2/c1-36(2)12-6-10-27(37)35-22-9-5-7-20(13-22)21-14-24-25(16-33-29(24)32-15-21)28-26(17-30-19-34-28)38-18-23-8-3-4-11-31-23/h3-11,13-17,19H,12,18H2,1-2H3,(H,32,33)(H,35,37). The smallest absolute Gasteiger partial charge is 0.248 e. The van der Waals surface area contributed by atoms with E-state index < -0.39 is 0 Å². The molecule has 0 aliphatic carbocycles. The quantitative estimate of drug-likeness (QED) is 0.279. The van der Waals surface area contributed by atoms with Crippen LogP contribution in [0.25, 0.3) is 33.4 Å². The Labute approximate surface area is 220 Å². The predicted octanol–water partition coefficient (Wildman–Crippen LogP) is 4.72. The highest BCUT2D eigenvalue weighted by Gasteiger charge is 2.15. The number of benzene rings is 1. The van der Waals surface area contributed by atoms with Crippen LogP contribution in [-0.2, 0) is 11.4 Å². The van der Waals surface area contributed by atoms with Crippen molar-refractivity contribution in [3.8, 4) is 28.1 Å². The maximum absolute atomic E-state index is 12.3. The lowest BCUT2D eigenvalue weighted by Crippen LogP contribution is -2.12. The van der Waals surface area contributed by atoms with Crippen LogP contribution >= 0.6 is 0 Å². The lowest BCUT2D eigenvalue weighted by molar-refractivity contribution is -0.111. The molecule has 190 valence electrons. The summed E-state index contributed by atoms with van der Waals surface area (Å²) in [5.41, 5.74) is 5.59. The summed E-state index contributed by atoms with van der Waals surface area (Å²) < 4.78 is 6.03. The number of nitrogens with zero attached hydrogens (tertiary/aromatic N) is 5. The van der Waals surface area contributed by atoms with Gasteiger partial charge in [0.25, 0.3) is 0 Å². The van der Waals surface area contributed by atoms with E-state index in [1.807, 2.05) is 73.7 Å². The topological polar surface area (TPSA) is 109 Å². The van der Waals surface area contributed by atoms with Gasteiger partial charge in [-0.1, -0.05) is 24.3 Å². The van der Waals surface area contributed by atoms with Gasteiger partial charge in [-0.3, -0.25) is 9.78 Å². The summed E-state index contributed by atoms with van der Waals surface area (Å²) in [6, 6.07) is 15.4.